The molecule has 1 saturated heterocycles. The third-order valence-corrected chi connectivity index (χ3v) is 4.33. The normalized spacial score (nSPS) is 15.7. The van der Waals surface area contributed by atoms with E-state index in [1.165, 1.54) is 0 Å². The minimum Gasteiger partial charge on any atom is -0.445 e. The number of ether oxygens (including phenoxy) is 1. The standard InChI is InChI=1S/C20H22N4O4/c25-18(12-22-20(27)28-14-15-6-2-1-3-7-15)23-16-9-11-24(13-16)19(26)17-8-4-5-10-21-17/h1-8,10,16H,9,11-14H2,(H,22,27)(H,23,25)/t16-/m0/s1. The zero-order chi connectivity index (χ0) is 19.8. The zero-order valence-electron chi connectivity index (χ0n) is 15.3. The molecule has 0 saturated carbocycles. The Bertz CT molecular complexity index is 813. The van der Waals surface area contributed by atoms with Crippen LogP contribution in [0.25, 0.3) is 0 Å². The molecule has 0 spiro atoms. The summed E-state index contributed by atoms with van der Waals surface area (Å²) in [4.78, 5) is 41.8. The van der Waals surface area contributed by atoms with E-state index in [0.717, 1.165) is 5.56 Å². The van der Waals surface area contributed by atoms with Gasteiger partial charge in [-0.25, -0.2) is 4.79 Å². The summed E-state index contributed by atoms with van der Waals surface area (Å²) in [5, 5.41) is 5.24. The van der Waals surface area contributed by atoms with Crippen LogP contribution in [0, 0.1) is 0 Å². The Morgan fingerprint density at radius 2 is 1.89 bits per heavy atom. The van der Waals surface area contributed by atoms with E-state index in [0.29, 0.717) is 25.2 Å². The largest absolute Gasteiger partial charge is 0.445 e. The number of nitrogens with one attached hydrogen (secondary N) is 2. The fourth-order valence-corrected chi connectivity index (χ4v) is 2.92. The highest BCUT2D eigenvalue weighted by molar-refractivity contribution is 5.92. The van der Waals surface area contributed by atoms with E-state index in [1.807, 2.05) is 30.3 Å². The number of hydrogen-bond acceptors (Lipinski definition) is 5. The van der Waals surface area contributed by atoms with Crippen LogP contribution in [0.1, 0.15) is 22.5 Å². The van der Waals surface area contributed by atoms with Crippen LogP contribution in [0.4, 0.5) is 4.79 Å². The van der Waals surface area contributed by atoms with Crippen LogP contribution in [0.3, 0.4) is 0 Å². The monoisotopic (exact) mass is 382 g/mol. The Kier molecular flexibility index (Phi) is 6.56. The molecule has 28 heavy (non-hydrogen) atoms. The molecule has 2 N–H and O–H groups in total. The molecule has 8 heteroatoms. The minimum atomic E-state index is -0.655. The van der Waals surface area contributed by atoms with Crippen molar-refractivity contribution in [3.63, 3.8) is 0 Å². The van der Waals surface area contributed by atoms with Gasteiger partial charge < -0.3 is 20.3 Å². The maximum absolute atomic E-state index is 12.4. The topological polar surface area (TPSA) is 101 Å². The summed E-state index contributed by atoms with van der Waals surface area (Å²) in [6.07, 6.45) is 1.57. The summed E-state index contributed by atoms with van der Waals surface area (Å²) in [7, 11) is 0. The summed E-state index contributed by atoms with van der Waals surface area (Å²) in [5.74, 6) is -0.478. The van der Waals surface area contributed by atoms with E-state index in [2.05, 4.69) is 15.6 Å². The molecule has 2 aromatic rings. The summed E-state index contributed by atoms with van der Waals surface area (Å²) in [6, 6.07) is 14.3. The number of carbonyl (C=O) groups is 3. The van der Waals surface area contributed by atoms with Crippen molar-refractivity contribution in [1.82, 2.24) is 20.5 Å². The number of hydrogen-bond donors (Lipinski definition) is 2. The first-order valence-corrected chi connectivity index (χ1v) is 9.06. The summed E-state index contributed by atoms with van der Waals surface area (Å²) in [5.41, 5.74) is 1.25. The Labute approximate surface area is 162 Å². The van der Waals surface area contributed by atoms with Gasteiger partial charge in [0.1, 0.15) is 18.8 Å². The van der Waals surface area contributed by atoms with Crippen LogP contribution in [0.2, 0.25) is 0 Å². The molecule has 1 aliphatic heterocycles. The van der Waals surface area contributed by atoms with Crippen LogP contribution in [-0.2, 0) is 16.1 Å². The van der Waals surface area contributed by atoms with E-state index in [4.69, 9.17) is 4.74 Å². The lowest BCUT2D eigenvalue weighted by Crippen LogP contribution is -2.43. The van der Waals surface area contributed by atoms with Gasteiger partial charge in [0.05, 0.1) is 0 Å². The van der Waals surface area contributed by atoms with Crippen molar-refractivity contribution >= 4 is 17.9 Å². The first kappa shape index (κ1) is 19.3. The molecule has 0 aliphatic carbocycles. The van der Waals surface area contributed by atoms with Crippen molar-refractivity contribution in [3.05, 3.63) is 66.0 Å². The van der Waals surface area contributed by atoms with Crippen molar-refractivity contribution < 1.29 is 19.1 Å². The molecule has 1 fully saturated rings. The fourth-order valence-electron chi connectivity index (χ4n) is 2.92. The molecular weight excluding hydrogens is 360 g/mol. The van der Waals surface area contributed by atoms with E-state index in [-0.39, 0.29) is 31.0 Å². The summed E-state index contributed by atoms with van der Waals surface area (Å²) >= 11 is 0. The molecule has 8 nitrogen and oxygen atoms in total. The number of benzene rings is 1. The first-order chi connectivity index (χ1) is 13.6. The van der Waals surface area contributed by atoms with E-state index < -0.39 is 6.09 Å². The van der Waals surface area contributed by atoms with E-state index >= 15 is 0 Å². The Morgan fingerprint density at radius 1 is 1.11 bits per heavy atom. The molecule has 3 amide bonds. The molecule has 0 radical (unpaired) electrons. The maximum atomic E-state index is 12.4. The fraction of sp³-hybridized carbons (Fsp3) is 0.300. The van der Waals surface area contributed by atoms with Gasteiger partial charge in [-0.3, -0.25) is 14.6 Å². The highest BCUT2D eigenvalue weighted by Gasteiger charge is 2.28. The quantitative estimate of drug-likeness (QED) is 0.785. The Hall–Kier alpha value is -3.42. The lowest BCUT2D eigenvalue weighted by Gasteiger charge is -2.16. The molecular formula is C20H22N4O4. The highest BCUT2D eigenvalue weighted by Crippen LogP contribution is 2.12. The van der Waals surface area contributed by atoms with Gasteiger partial charge in [-0.2, -0.15) is 0 Å². The van der Waals surface area contributed by atoms with Crippen molar-refractivity contribution in [2.75, 3.05) is 19.6 Å². The number of alkyl carbamates (subject to hydrolysis) is 1. The lowest BCUT2D eigenvalue weighted by atomic mass is 10.2. The summed E-state index contributed by atoms with van der Waals surface area (Å²) < 4.78 is 5.06. The second-order valence-corrected chi connectivity index (χ2v) is 6.43. The second-order valence-electron chi connectivity index (χ2n) is 6.43. The SMILES string of the molecule is O=C(CNC(=O)OCc1ccccc1)N[C@H]1CCN(C(=O)c2ccccn2)C1. The predicted molar refractivity (Wildman–Crippen MR) is 101 cm³/mol. The lowest BCUT2D eigenvalue weighted by molar-refractivity contribution is -0.120. The number of pyridine rings is 1. The van der Waals surface area contributed by atoms with Crippen LogP contribution in [0.5, 0.6) is 0 Å². The maximum Gasteiger partial charge on any atom is 0.407 e. The number of carbonyl (C=O) groups excluding carboxylic acids is 3. The summed E-state index contributed by atoms with van der Waals surface area (Å²) in [6.45, 7) is 0.923. The van der Waals surface area contributed by atoms with E-state index in [1.54, 1.807) is 29.3 Å². The average Bonchev–Trinajstić information content (AvgIpc) is 3.20. The Morgan fingerprint density at radius 3 is 2.64 bits per heavy atom. The molecule has 0 unspecified atom stereocenters. The molecule has 146 valence electrons. The van der Waals surface area contributed by atoms with Gasteiger partial charge in [0.15, 0.2) is 0 Å². The van der Waals surface area contributed by atoms with Gasteiger partial charge in [0.2, 0.25) is 5.91 Å². The van der Waals surface area contributed by atoms with Crippen molar-refractivity contribution in [1.29, 1.82) is 0 Å². The van der Waals surface area contributed by atoms with Crippen LogP contribution in [-0.4, -0.2) is 53.5 Å². The van der Waals surface area contributed by atoms with Gasteiger partial charge in [-0.05, 0) is 24.1 Å². The molecule has 1 aromatic heterocycles. The number of nitrogens with zero attached hydrogens (tertiary/aromatic N) is 2. The number of amides is 3. The number of likely N-dealkylation sites (tertiary alicyclic amines) is 1. The van der Waals surface area contributed by atoms with Crippen LogP contribution in [0.15, 0.2) is 54.7 Å². The van der Waals surface area contributed by atoms with Gasteiger partial charge in [0, 0.05) is 25.3 Å². The van der Waals surface area contributed by atoms with Crippen molar-refractivity contribution in [2.24, 2.45) is 0 Å². The predicted octanol–water partition coefficient (Wildman–Crippen LogP) is 1.34. The van der Waals surface area contributed by atoms with Gasteiger partial charge >= 0.3 is 6.09 Å². The third kappa shape index (κ3) is 5.54. The molecule has 1 aromatic carbocycles. The molecule has 2 heterocycles. The van der Waals surface area contributed by atoms with Crippen LogP contribution < -0.4 is 10.6 Å². The number of aromatic nitrogens is 1. The van der Waals surface area contributed by atoms with E-state index in [9.17, 15) is 14.4 Å². The number of rotatable bonds is 6. The minimum absolute atomic E-state index is 0.140. The zero-order valence-corrected chi connectivity index (χ0v) is 15.3. The molecule has 1 atom stereocenters. The third-order valence-electron chi connectivity index (χ3n) is 4.33. The first-order valence-electron chi connectivity index (χ1n) is 9.06. The van der Waals surface area contributed by atoms with Gasteiger partial charge in [0.25, 0.3) is 5.91 Å². The van der Waals surface area contributed by atoms with Crippen LogP contribution >= 0.6 is 0 Å². The van der Waals surface area contributed by atoms with Crippen molar-refractivity contribution in [3.8, 4) is 0 Å². The second kappa shape index (κ2) is 9.50. The molecule has 3 rings (SSSR count). The van der Waals surface area contributed by atoms with Crippen molar-refractivity contribution in [2.45, 2.75) is 19.1 Å². The molecule has 0 bridgehead atoms. The average molecular weight is 382 g/mol. The van der Waals surface area contributed by atoms with Gasteiger partial charge in [-0.15, -0.1) is 0 Å². The highest BCUT2D eigenvalue weighted by atomic mass is 16.5. The molecule has 1 aliphatic rings. The van der Waals surface area contributed by atoms with Gasteiger partial charge in [-0.1, -0.05) is 36.4 Å². The Balaban J connectivity index is 1.36. The smallest absolute Gasteiger partial charge is 0.407 e.